The van der Waals surface area contributed by atoms with Crippen LogP contribution in [0.2, 0.25) is 0 Å². The van der Waals surface area contributed by atoms with Gasteiger partial charge in [-0.1, -0.05) is 12.1 Å². The minimum Gasteiger partial charge on any atom is -0.363 e. The van der Waals surface area contributed by atoms with Gasteiger partial charge in [0.15, 0.2) is 5.65 Å². The van der Waals surface area contributed by atoms with Gasteiger partial charge in [0.2, 0.25) is 5.82 Å². The summed E-state index contributed by atoms with van der Waals surface area (Å²) in [5, 5.41) is 3.74. The number of fused-ring (bicyclic) bond motifs is 1. The van der Waals surface area contributed by atoms with Crippen LogP contribution in [0.4, 0.5) is 23.4 Å². The van der Waals surface area contributed by atoms with Gasteiger partial charge in [0, 0.05) is 29.7 Å². The summed E-state index contributed by atoms with van der Waals surface area (Å²) in [7, 11) is 0. The van der Waals surface area contributed by atoms with Crippen molar-refractivity contribution >= 4 is 16.9 Å². The normalized spacial score (nSPS) is 12.7. The first-order valence-electron chi connectivity index (χ1n) is 8.83. The fourth-order valence-electron chi connectivity index (χ4n) is 2.86. The lowest BCUT2D eigenvalue weighted by Gasteiger charge is -2.16. The van der Waals surface area contributed by atoms with Crippen LogP contribution in [-0.2, 0) is 6.18 Å². The number of halogens is 4. The molecule has 0 amide bonds. The van der Waals surface area contributed by atoms with E-state index < -0.39 is 18.0 Å². The molecule has 1 atom stereocenters. The third-order valence-corrected chi connectivity index (χ3v) is 4.44. The molecule has 3 aromatic heterocycles. The maximum absolute atomic E-state index is 13.2. The lowest BCUT2D eigenvalue weighted by molar-refractivity contribution is -0.145. The molecule has 0 unspecified atom stereocenters. The maximum Gasteiger partial charge on any atom is 0.451 e. The highest BCUT2D eigenvalue weighted by molar-refractivity contribution is 5.89. The standard InChI is InChI=1S/C20H14F4N6/c1-11(14-8-26-19(27-9-14)20(22,23)24)30-18-16-6-13(7-25-17(16)28-10-29-18)12-2-4-15(21)5-3-12/h2-11H,1H3,(H,25,28,29,30)/t11-/m1/s1. The van der Waals surface area contributed by atoms with Crippen LogP contribution >= 0.6 is 0 Å². The molecule has 0 aliphatic heterocycles. The Labute approximate surface area is 168 Å². The molecule has 0 aliphatic rings. The smallest absolute Gasteiger partial charge is 0.363 e. The summed E-state index contributed by atoms with van der Waals surface area (Å²) in [5.41, 5.74) is 2.40. The zero-order chi connectivity index (χ0) is 21.3. The third kappa shape index (κ3) is 4.02. The van der Waals surface area contributed by atoms with Crippen molar-refractivity contribution in [2.45, 2.75) is 19.1 Å². The van der Waals surface area contributed by atoms with Crippen molar-refractivity contribution < 1.29 is 17.6 Å². The van der Waals surface area contributed by atoms with Crippen molar-refractivity contribution in [1.82, 2.24) is 24.9 Å². The Hall–Kier alpha value is -3.69. The SMILES string of the molecule is C[C@@H](Nc1ncnc2ncc(-c3ccc(F)cc3)cc12)c1cnc(C(F)(F)F)nc1. The molecular formula is C20H14F4N6. The molecule has 0 spiro atoms. The number of aromatic nitrogens is 5. The number of hydrogen-bond donors (Lipinski definition) is 1. The minimum absolute atomic E-state index is 0.342. The quantitative estimate of drug-likeness (QED) is 0.483. The van der Waals surface area contributed by atoms with Gasteiger partial charge in [0.25, 0.3) is 0 Å². The number of anilines is 1. The number of nitrogens with one attached hydrogen (secondary N) is 1. The Morgan fingerprint density at radius 2 is 1.57 bits per heavy atom. The summed E-state index contributed by atoms with van der Waals surface area (Å²) in [6, 6.07) is 7.36. The van der Waals surface area contributed by atoms with Crippen molar-refractivity contribution in [2.75, 3.05) is 5.32 Å². The predicted octanol–water partition coefficient (Wildman–Crippen LogP) is 4.81. The molecule has 152 valence electrons. The van der Waals surface area contributed by atoms with Crippen molar-refractivity contribution in [3.63, 3.8) is 0 Å². The molecule has 1 N–H and O–H groups in total. The first-order chi connectivity index (χ1) is 14.3. The molecular weight excluding hydrogens is 400 g/mol. The molecule has 0 aliphatic carbocycles. The van der Waals surface area contributed by atoms with Crippen molar-refractivity contribution in [2.24, 2.45) is 0 Å². The number of benzene rings is 1. The highest BCUT2D eigenvalue weighted by atomic mass is 19.4. The van der Waals surface area contributed by atoms with Crippen LogP contribution in [-0.4, -0.2) is 24.9 Å². The van der Waals surface area contributed by atoms with Crippen LogP contribution < -0.4 is 5.32 Å². The molecule has 1 aromatic carbocycles. The molecule has 0 bridgehead atoms. The average molecular weight is 414 g/mol. The Bertz CT molecular complexity index is 1180. The molecule has 3 heterocycles. The van der Waals surface area contributed by atoms with E-state index in [2.05, 4.69) is 30.2 Å². The Morgan fingerprint density at radius 3 is 2.23 bits per heavy atom. The molecule has 10 heteroatoms. The van der Waals surface area contributed by atoms with Crippen LogP contribution in [0, 0.1) is 5.82 Å². The predicted molar refractivity (Wildman–Crippen MR) is 102 cm³/mol. The minimum atomic E-state index is -4.60. The average Bonchev–Trinajstić information content (AvgIpc) is 2.74. The van der Waals surface area contributed by atoms with E-state index in [1.165, 1.54) is 18.5 Å². The highest BCUT2D eigenvalue weighted by Crippen LogP contribution is 2.29. The lowest BCUT2D eigenvalue weighted by Crippen LogP contribution is -2.14. The zero-order valence-electron chi connectivity index (χ0n) is 15.5. The summed E-state index contributed by atoms with van der Waals surface area (Å²) in [5.74, 6) is -1.09. The monoisotopic (exact) mass is 414 g/mol. The van der Waals surface area contributed by atoms with Crippen LogP contribution in [0.3, 0.4) is 0 Å². The molecule has 0 saturated carbocycles. The molecule has 4 aromatic rings. The second-order valence-electron chi connectivity index (χ2n) is 6.53. The maximum atomic E-state index is 13.2. The van der Waals surface area contributed by atoms with Gasteiger partial charge >= 0.3 is 6.18 Å². The van der Waals surface area contributed by atoms with E-state index in [1.54, 1.807) is 25.3 Å². The number of nitrogens with zero attached hydrogens (tertiary/aromatic N) is 5. The van der Waals surface area contributed by atoms with Crippen molar-refractivity contribution in [3.8, 4) is 11.1 Å². The number of alkyl halides is 3. The fraction of sp³-hybridized carbons (Fsp3) is 0.150. The van der Waals surface area contributed by atoms with Crippen LogP contribution in [0.25, 0.3) is 22.2 Å². The summed E-state index contributed by atoms with van der Waals surface area (Å²) >= 11 is 0. The van der Waals surface area contributed by atoms with Crippen LogP contribution in [0.5, 0.6) is 0 Å². The van der Waals surface area contributed by atoms with E-state index >= 15 is 0 Å². The van der Waals surface area contributed by atoms with E-state index in [1.807, 2.05) is 6.07 Å². The molecule has 0 saturated heterocycles. The van der Waals surface area contributed by atoms with Gasteiger partial charge in [0.1, 0.15) is 18.0 Å². The van der Waals surface area contributed by atoms with E-state index in [0.29, 0.717) is 22.4 Å². The van der Waals surface area contributed by atoms with Gasteiger partial charge in [-0.05, 0) is 30.7 Å². The first-order valence-corrected chi connectivity index (χ1v) is 8.83. The second-order valence-corrected chi connectivity index (χ2v) is 6.53. The van der Waals surface area contributed by atoms with Crippen molar-refractivity contribution in [3.05, 3.63) is 72.5 Å². The van der Waals surface area contributed by atoms with Crippen LogP contribution in [0.15, 0.2) is 55.2 Å². The number of rotatable bonds is 4. The van der Waals surface area contributed by atoms with Crippen LogP contribution in [0.1, 0.15) is 24.4 Å². The van der Waals surface area contributed by atoms with Crippen molar-refractivity contribution in [1.29, 1.82) is 0 Å². The molecule has 0 fully saturated rings. The van der Waals surface area contributed by atoms with E-state index in [9.17, 15) is 17.6 Å². The number of pyridine rings is 1. The summed E-state index contributed by atoms with van der Waals surface area (Å²) in [4.78, 5) is 19.5. The number of hydrogen-bond acceptors (Lipinski definition) is 6. The van der Waals surface area contributed by atoms with Gasteiger partial charge < -0.3 is 5.32 Å². The molecule has 4 rings (SSSR count). The van der Waals surface area contributed by atoms with Gasteiger partial charge in [-0.3, -0.25) is 0 Å². The molecule has 30 heavy (non-hydrogen) atoms. The van der Waals surface area contributed by atoms with Gasteiger partial charge in [-0.15, -0.1) is 0 Å². The molecule has 6 nitrogen and oxygen atoms in total. The summed E-state index contributed by atoms with van der Waals surface area (Å²) < 4.78 is 51.2. The third-order valence-electron chi connectivity index (χ3n) is 4.44. The van der Waals surface area contributed by atoms with Gasteiger partial charge in [0.05, 0.1) is 11.4 Å². The second kappa shape index (κ2) is 7.62. The van der Waals surface area contributed by atoms with Gasteiger partial charge in [-0.2, -0.15) is 13.2 Å². The fourth-order valence-corrected chi connectivity index (χ4v) is 2.86. The topological polar surface area (TPSA) is 76.5 Å². The zero-order valence-corrected chi connectivity index (χ0v) is 15.5. The Kier molecular flexibility index (Phi) is 4.98. The van der Waals surface area contributed by atoms with E-state index in [0.717, 1.165) is 23.5 Å². The summed E-state index contributed by atoms with van der Waals surface area (Å²) in [6.07, 6.45) is 0.614. The summed E-state index contributed by atoms with van der Waals surface area (Å²) in [6.45, 7) is 1.75. The largest absolute Gasteiger partial charge is 0.451 e. The Morgan fingerprint density at radius 1 is 0.867 bits per heavy atom. The lowest BCUT2D eigenvalue weighted by atomic mass is 10.1. The molecule has 0 radical (unpaired) electrons. The first kappa shape index (κ1) is 19.6. The highest BCUT2D eigenvalue weighted by Gasteiger charge is 2.34. The Balaban J connectivity index is 1.65. The van der Waals surface area contributed by atoms with E-state index in [-0.39, 0.29) is 5.82 Å². The van der Waals surface area contributed by atoms with Gasteiger partial charge in [-0.25, -0.2) is 29.3 Å². The van der Waals surface area contributed by atoms with E-state index in [4.69, 9.17) is 0 Å².